The first-order valence-electron chi connectivity index (χ1n) is 6.66. The highest BCUT2D eigenvalue weighted by molar-refractivity contribution is 5.95. The number of nitrogens with zero attached hydrogens (tertiary/aromatic N) is 1. The van der Waals surface area contributed by atoms with E-state index in [2.05, 4.69) is 5.32 Å². The fourth-order valence-corrected chi connectivity index (χ4v) is 3.10. The van der Waals surface area contributed by atoms with Crippen molar-refractivity contribution >= 4 is 5.91 Å². The number of fused-ring (bicyclic) bond motifs is 1. The molecule has 2 heterocycles. The van der Waals surface area contributed by atoms with E-state index in [0.717, 1.165) is 31.6 Å². The molecule has 1 N–H and O–H groups in total. The number of amides is 1. The zero-order chi connectivity index (χ0) is 14.3. The van der Waals surface area contributed by atoms with E-state index in [-0.39, 0.29) is 17.5 Å². The molecule has 20 heavy (non-hydrogen) atoms. The summed E-state index contributed by atoms with van der Waals surface area (Å²) in [5.41, 5.74) is -0.656. The summed E-state index contributed by atoms with van der Waals surface area (Å²) >= 11 is 0. The average Bonchev–Trinajstić information content (AvgIpc) is 2.99. The zero-order valence-corrected chi connectivity index (χ0v) is 10.8. The van der Waals surface area contributed by atoms with Crippen LogP contribution < -0.4 is 5.32 Å². The lowest BCUT2D eigenvalue weighted by Crippen LogP contribution is -2.39. The van der Waals surface area contributed by atoms with E-state index in [1.54, 1.807) is 4.90 Å². The second-order valence-electron chi connectivity index (χ2n) is 5.35. The Morgan fingerprint density at radius 1 is 1.30 bits per heavy atom. The Morgan fingerprint density at radius 2 is 2.10 bits per heavy atom. The first-order valence-corrected chi connectivity index (χ1v) is 6.66. The minimum absolute atomic E-state index is 0.118. The third-order valence-electron chi connectivity index (χ3n) is 4.14. The Kier molecular flexibility index (Phi) is 3.20. The number of halogens is 3. The number of likely N-dealkylation sites (tertiary alicyclic amines) is 1. The van der Waals surface area contributed by atoms with Crippen molar-refractivity contribution in [3.8, 4) is 0 Å². The minimum atomic E-state index is -4.42. The largest absolute Gasteiger partial charge is 0.416 e. The van der Waals surface area contributed by atoms with Gasteiger partial charge in [0.1, 0.15) is 0 Å². The molecule has 2 atom stereocenters. The summed E-state index contributed by atoms with van der Waals surface area (Å²) in [6.45, 7) is 2.25. The monoisotopic (exact) mass is 284 g/mol. The van der Waals surface area contributed by atoms with Crippen LogP contribution in [0.25, 0.3) is 0 Å². The fourth-order valence-electron chi connectivity index (χ4n) is 3.10. The number of hydrogen-bond donors (Lipinski definition) is 1. The van der Waals surface area contributed by atoms with E-state index in [0.29, 0.717) is 12.5 Å². The second-order valence-corrected chi connectivity index (χ2v) is 5.35. The Labute approximate surface area is 114 Å². The maximum atomic E-state index is 12.7. The maximum Gasteiger partial charge on any atom is 0.416 e. The van der Waals surface area contributed by atoms with Crippen LogP contribution in [-0.2, 0) is 6.18 Å². The molecule has 0 unspecified atom stereocenters. The number of nitrogens with one attached hydrogen (secondary N) is 1. The standard InChI is InChI=1S/C14H15F3N2O/c15-14(16,17)11-3-1-2-9(6-11)13(20)19-5-4-10-7-18-8-12(10)19/h1-3,6,10,12,18H,4-5,7-8H2/t10-,12+/m0/s1. The Hall–Kier alpha value is -1.56. The van der Waals surface area contributed by atoms with Crippen molar-refractivity contribution < 1.29 is 18.0 Å². The van der Waals surface area contributed by atoms with Crippen LogP contribution in [-0.4, -0.2) is 36.5 Å². The lowest BCUT2D eigenvalue weighted by Gasteiger charge is -2.23. The van der Waals surface area contributed by atoms with Gasteiger partial charge < -0.3 is 10.2 Å². The molecule has 3 nitrogen and oxygen atoms in total. The molecule has 1 amide bonds. The van der Waals surface area contributed by atoms with Crippen molar-refractivity contribution in [3.05, 3.63) is 35.4 Å². The Balaban J connectivity index is 1.84. The van der Waals surface area contributed by atoms with E-state index < -0.39 is 11.7 Å². The summed E-state index contributed by atoms with van der Waals surface area (Å²) in [4.78, 5) is 14.1. The molecule has 0 spiro atoms. The molecule has 2 fully saturated rings. The summed E-state index contributed by atoms with van der Waals surface area (Å²) in [6.07, 6.45) is -3.50. The van der Waals surface area contributed by atoms with Crippen molar-refractivity contribution in [2.75, 3.05) is 19.6 Å². The quantitative estimate of drug-likeness (QED) is 0.857. The minimum Gasteiger partial charge on any atom is -0.334 e. The second kappa shape index (κ2) is 4.77. The Morgan fingerprint density at radius 3 is 2.85 bits per heavy atom. The van der Waals surface area contributed by atoms with Crippen LogP contribution in [0.5, 0.6) is 0 Å². The summed E-state index contributed by atoms with van der Waals surface area (Å²) in [6, 6.07) is 4.79. The highest BCUT2D eigenvalue weighted by atomic mass is 19.4. The molecule has 108 valence electrons. The number of benzene rings is 1. The van der Waals surface area contributed by atoms with Gasteiger partial charge in [0.15, 0.2) is 0 Å². The van der Waals surface area contributed by atoms with Crippen LogP contribution >= 0.6 is 0 Å². The third kappa shape index (κ3) is 2.28. The summed E-state index contributed by atoms with van der Waals surface area (Å²) in [5, 5.41) is 3.22. The number of hydrogen-bond acceptors (Lipinski definition) is 2. The molecule has 1 aromatic carbocycles. The van der Waals surface area contributed by atoms with Crippen molar-refractivity contribution in [2.45, 2.75) is 18.6 Å². The molecule has 6 heteroatoms. The first-order chi connectivity index (χ1) is 9.47. The molecule has 1 aromatic rings. The fraction of sp³-hybridized carbons (Fsp3) is 0.500. The highest BCUT2D eigenvalue weighted by Crippen LogP contribution is 2.32. The Bertz CT molecular complexity index is 529. The predicted octanol–water partition coefficient (Wildman–Crippen LogP) is 2.14. The van der Waals surface area contributed by atoms with Gasteiger partial charge in [-0.25, -0.2) is 0 Å². The van der Waals surface area contributed by atoms with Crippen LogP contribution in [0.1, 0.15) is 22.3 Å². The molecule has 0 radical (unpaired) electrons. The number of alkyl halides is 3. The third-order valence-corrected chi connectivity index (χ3v) is 4.14. The molecule has 2 aliphatic rings. The van der Waals surface area contributed by atoms with Crippen molar-refractivity contribution in [3.63, 3.8) is 0 Å². The molecule has 0 aliphatic carbocycles. The summed E-state index contributed by atoms with van der Waals surface area (Å²) < 4.78 is 38.1. The van der Waals surface area contributed by atoms with Crippen molar-refractivity contribution in [1.82, 2.24) is 10.2 Å². The lowest BCUT2D eigenvalue weighted by molar-refractivity contribution is -0.137. The van der Waals surface area contributed by atoms with Crippen LogP contribution in [0.15, 0.2) is 24.3 Å². The van der Waals surface area contributed by atoms with E-state index in [1.165, 1.54) is 12.1 Å². The van der Waals surface area contributed by atoms with Crippen LogP contribution in [0.3, 0.4) is 0 Å². The molecule has 0 bridgehead atoms. The SMILES string of the molecule is O=C(c1cccc(C(F)(F)F)c1)N1CC[C@H]2CNC[C@H]21. The predicted molar refractivity (Wildman–Crippen MR) is 67.2 cm³/mol. The van der Waals surface area contributed by atoms with Gasteiger partial charge >= 0.3 is 6.18 Å². The summed E-state index contributed by atoms with van der Waals surface area (Å²) in [7, 11) is 0. The van der Waals surface area contributed by atoms with Gasteiger partial charge in [-0.2, -0.15) is 13.2 Å². The molecular formula is C14H15F3N2O. The number of carbonyl (C=O) groups excluding carboxylic acids is 1. The lowest BCUT2D eigenvalue weighted by atomic mass is 10.0. The molecule has 2 aliphatic heterocycles. The van der Waals surface area contributed by atoms with E-state index in [9.17, 15) is 18.0 Å². The van der Waals surface area contributed by atoms with Gasteiger partial charge in [-0.1, -0.05) is 6.07 Å². The van der Waals surface area contributed by atoms with Crippen molar-refractivity contribution in [1.29, 1.82) is 0 Å². The highest BCUT2D eigenvalue weighted by Gasteiger charge is 2.40. The molecular weight excluding hydrogens is 269 g/mol. The van der Waals surface area contributed by atoms with Crippen LogP contribution in [0, 0.1) is 5.92 Å². The van der Waals surface area contributed by atoms with Crippen molar-refractivity contribution in [2.24, 2.45) is 5.92 Å². The first kappa shape index (κ1) is 13.4. The molecule has 0 aromatic heterocycles. The normalized spacial score (nSPS) is 25.9. The van der Waals surface area contributed by atoms with Gasteiger partial charge in [0.25, 0.3) is 5.91 Å². The molecule has 0 saturated carbocycles. The average molecular weight is 284 g/mol. The van der Waals surface area contributed by atoms with Gasteiger partial charge in [-0.15, -0.1) is 0 Å². The van der Waals surface area contributed by atoms with Gasteiger partial charge in [0, 0.05) is 31.2 Å². The maximum absolute atomic E-state index is 12.7. The topological polar surface area (TPSA) is 32.3 Å². The van der Waals surface area contributed by atoms with E-state index >= 15 is 0 Å². The van der Waals surface area contributed by atoms with Gasteiger partial charge in [-0.05, 0) is 30.5 Å². The molecule has 3 rings (SSSR count). The van der Waals surface area contributed by atoms with Crippen LogP contribution in [0.2, 0.25) is 0 Å². The number of rotatable bonds is 1. The number of carbonyl (C=O) groups is 1. The smallest absolute Gasteiger partial charge is 0.334 e. The van der Waals surface area contributed by atoms with E-state index in [4.69, 9.17) is 0 Å². The zero-order valence-electron chi connectivity index (χ0n) is 10.8. The summed E-state index contributed by atoms with van der Waals surface area (Å²) in [5.74, 6) is 0.136. The molecule has 2 saturated heterocycles. The van der Waals surface area contributed by atoms with Gasteiger partial charge in [0.2, 0.25) is 0 Å². The van der Waals surface area contributed by atoms with E-state index in [1.807, 2.05) is 0 Å². The van der Waals surface area contributed by atoms with Gasteiger partial charge in [0.05, 0.1) is 5.56 Å². The van der Waals surface area contributed by atoms with Crippen LogP contribution in [0.4, 0.5) is 13.2 Å². The van der Waals surface area contributed by atoms with Gasteiger partial charge in [-0.3, -0.25) is 4.79 Å².